The van der Waals surface area contributed by atoms with E-state index < -0.39 is 0 Å². The molecule has 0 atom stereocenters. The molecule has 0 aromatic rings. The summed E-state index contributed by atoms with van der Waals surface area (Å²) in [5.74, 6) is 0.478. The molecule has 202 valence electrons. The highest BCUT2D eigenvalue weighted by atomic mass is 16.2. The number of hydrogen-bond acceptors (Lipinski definition) is 2. The van der Waals surface area contributed by atoms with Crippen molar-refractivity contribution in [2.45, 2.75) is 168 Å². The fourth-order valence-corrected chi connectivity index (χ4v) is 4.43. The third-order valence-electron chi connectivity index (χ3n) is 6.76. The molecule has 0 fully saturated rings. The van der Waals surface area contributed by atoms with Crippen LogP contribution < -0.4 is 10.6 Å². The fourth-order valence-electron chi connectivity index (χ4n) is 4.43. The molecule has 0 unspecified atom stereocenters. The van der Waals surface area contributed by atoms with E-state index >= 15 is 0 Å². The molecule has 0 aromatic carbocycles. The van der Waals surface area contributed by atoms with Crippen molar-refractivity contribution < 1.29 is 9.59 Å². The Labute approximate surface area is 213 Å². The standard InChI is InChI=1S/C30H60N2O2/c1-3-5-7-9-13-17-21-25-29(33)31-27-23-19-15-11-12-16-20-24-28-32-30(34)26-22-18-14-10-8-6-4-2/h3-28H2,1-2H3,(H,31,33)(H,32,34). The molecule has 0 saturated carbocycles. The highest BCUT2D eigenvalue weighted by Crippen LogP contribution is 2.10. The van der Waals surface area contributed by atoms with Crippen LogP contribution in [0.2, 0.25) is 0 Å². The highest BCUT2D eigenvalue weighted by molar-refractivity contribution is 5.76. The van der Waals surface area contributed by atoms with Crippen LogP contribution in [0, 0.1) is 0 Å². The molecule has 0 aromatic heterocycles. The van der Waals surface area contributed by atoms with Crippen LogP contribution in [0.1, 0.15) is 168 Å². The molecule has 0 heterocycles. The second-order valence-electron chi connectivity index (χ2n) is 10.3. The topological polar surface area (TPSA) is 58.2 Å². The zero-order chi connectivity index (χ0) is 25.0. The van der Waals surface area contributed by atoms with Gasteiger partial charge in [0.2, 0.25) is 11.8 Å². The normalized spacial score (nSPS) is 11.0. The molecule has 0 saturated heterocycles. The molecule has 0 spiro atoms. The van der Waals surface area contributed by atoms with Crippen LogP contribution in [0.15, 0.2) is 0 Å². The lowest BCUT2D eigenvalue weighted by atomic mass is 10.1. The van der Waals surface area contributed by atoms with Crippen molar-refractivity contribution >= 4 is 11.8 Å². The molecule has 0 radical (unpaired) electrons. The Morgan fingerprint density at radius 3 is 0.971 bits per heavy atom. The van der Waals surface area contributed by atoms with Gasteiger partial charge >= 0.3 is 0 Å². The predicted molar refractivity (Wildman–Crippen MR) is 148 cm³/mol. The Morgan fingerprint density at radius 1 is 0.382 bits per heavy atom. The Morgan fingerprint density at radius 2 is 0.647 bits per heavy atom. The van der Waals surface area contributed by atoms with Gasteiger partial charge in [0.25, 0.3) is 0 Å². The zero-order valence-corrected chi connectivity index (χ0v) is 23.2. The van der Waals surface area contributed by atoms with Gasteiger partial charge in [-0.05, 0) is 25.7 Å². The maximum Gasteiger partial charge on any atom is 0.219 e. The lowest BCUT2D eigenvalue weighted by Gasteiger charge is -2.06. The molecule has 4 heteroatoms. The summed E-state index contributed by atoms with van der Waals surface area (Å²) >= 11 is 0. The summed E-state index contributed by atoms with van der Waals surface area (Å²) in [5, 5.41) is 6.16. The number of rotatable bonds is 27. The predicted octanol–water partition coefficient (Wildman–Crippen LogP) is 8.62. The molecule has 0 aliphatic heterocycles. The van der Waals surface area contributed by atoms with Gasteiger partial charge in [0.05, 0.1) is 0 Å². The third kappa shape index (κ3) is 27.2. The van der Waals surface area contributed by atoms with Gasteiger partial charge in [-0.2, -0.15) is 0 Å². The number of carbonyl (C=O) groups is 2. The summed E-state index contributed by atoms with van der Waals surface area (Å²) in [5.41, 5.74) is 0. The molecule has 0 rings (SSSR count). The van der Waals surface area contributed by atoms with Gasteiger partial charge < -0.3 is 10.6 Å². The van der Waals surface area contributed by atoms with Gasteiger partial charge in [-0.1, -0.05) is 129 Å². The van der Waals surface area contributed by atoms with E-state index in [-0.39, 0.29) is 11.8 Å². The van der Waals surface area contributed by atoms with Crippen LogP contribution in [-0.4, -0.2) is 24.9 Å². The second kappa shape index (κ2) is 28.2. The average Bonchev–Trinajstić information content (AvgIpc) is 2.83. The number of amides is 2. The van der Waals surface area contributed by atoms with Crippen LogP contribution in [-0.2, 0) is 9.59 Å². The van der Waals surface area contributed by atoms with E-state index in [1.807, 2.05) is 0 Å². The lowest BCUT2D eigenvalue weighted by Crippen LogP contribution is -2.24. The Hall–Kier alpha value is -1.06. The van der Waals surface area contributed by atoms with Crippen LogP contribution in [0.3, 0.4) is 0 Å². The first-order chi connectivity index (χ1) is 16.7. The van der Waals surface area contributed by atoms with Gasteiger partial charge in [-0.15, -0.1) is 0 Å². The van der Waals surface area contributed by atoms with Gasteiger partial charge in [-0.25, -0.2) is 0 Å². The molecule has 0 aliphatic rings. The summed E-state index contributed by atoms with van der Waals surface area (Å²) in [6.07, 6.45) is 28.8. The maximum atomic E-state index is 11.9. The first-order valence-corrected chi connectivity index (χ1v) is 15.2. The number of nitrogens with one attached hydrogen (secondary N) is 2. The molecule has 34 heavy (non-hydrogen) atoms. The van der Waals surface area contributed by atoms with E-state index in [1.54, 1.807) is 0 Å². The van der Waals surface area contributed by atoms with Crippen LogP contribution in [0.5, 0.6) is 0 Å². The van der Waals surface area contributed by atoms with Crippen LogP contribution in [0.4, 0.5) is 0 Å². The Kier molecular flexibility index (Phi) is 27.3. The van der Waals surface area contributed by atoms with Crippen molar-refractivity contribution in [1.82, 2.24) is 10.6 Å². The lowest BCUT2D eigenvalue weighted by molar-refractivity contribution is -0.122. The van der Waals surface area contributed by atoms with Crippen LogP contribution in [0.25, 0.3) is 0 Å². The van der Waals surface area contributed by atoms with E-state index in [0.29, 0.717) is 12.8 Å². The van der Waals surface area contributed by atoms with Crippen molar-refractivity contribution in [3.8, 4) is 0 Å². The zero-order valence-electron chi connectivity index (χ0n) is 23.2. The van der Waals surface area contributed by atoms with E-state index in [1.165, 1.54) is 116 Å². The molecule has 0 aliphatic carbocycles. The molecular weight excluding hydrogens is 420 g/mol. The van der Waals surface area contributed by atoms with E-state index in [4.69, 9.17) is 0 Å². The molecule has 2 amide bonds. The fraction of sp³-hybridized carbons (Fsp3) is 0.933. The number of unbranched alkanes of at least 4 members (excludes halogenated alkanes) is 19. The minimum absolute atomic E-state index is 0.239. The second-order valence-corrected chi connectivity index (χ2v) is 10.3. The first kappa shape index (κ1) is 32.9. The molecular formula is C30H60N2O2. The van der Waals surface area contributed by atoms with Crippen LogP contribution >= 0.6 is 0 Å². The van der Waals surface area contributed by atoms with E-state index in [9.17, 15) is 9.59 Å². The molecule has 4 nitrogen and oxygen atoms in total. The SMILES string of the molecule is CCCCCCCCCC(=O)NCCCCCCCCCCNC(=O)CCCCCCCCC. The average molecular weight is 481 g/mol. The summed E-state index contributed by atoms with van der Waals surface area (Å²) in [6, 6.07) is 0. The van der Waals surface area contributed by atoms with Gasteiger partial charge in [-0.3, -0.25) is 9.59 Å². The molecule has 2 N–H and O–H groups in total. The monoisotopic (exact) mass is 480 g/mol. The van der Waals surface area contributed by atoms with E-state index in [0.717, 1.165) is 38.8 Å². The summed E-state index contributed by atoms with van der Waals surface area (Å²) in [7, 11) is 0. The van der Waals surface area contributed by atoms with Crippen molar-refractivity contribution in [3.05, 3.63) is 0 Å². The third-order valence-corrected chi connectivity index (χ3v) is 6.76. The summed E-state index contributed by atoms with van der Waals surface area (Å²) < 4.78 is 0. The minimum atomic E-state index is 0.239. The van der Waals surface area contributed by atoms with Crippen molar-refractivity contribution in [2.75, 3.05) is 13.1 Å². The smallest absolute Gasteiger partial charge is 0.219 e. The van der Waals surface area contributed by atoms with Crippen molar-refractivity contribution in [1.29, 1.82) is 0 Å². The number of carbonyl (C=O) groups excluding carboxylic acids is 2. The number of hydrogen-bond donors (Lipinski definition) is 2. The quantitative estimate of drug-likeness (QED) is 0.116. The first-order valence-electron chi connectivity index (χ1n) is 15.2. The van der Waals surface area contributed by atoms with Gasteiger partial charge in [0.15, 0.2) is 0 Å². The van der Waals surface area contributed by atoms with Gasteiger partial charge in [0, 0.05) is 25.9 Å². The summed E-state index contributed by atoms with van der Waals surface area (Å²) in [4.78, 5) is 23.7. The maximum absolute atomic E-state index is 11.9. The van der Waals surface area contributed by atoms with E-state index in [2.05, 4.69) is 24.5 Å². The highest BCUT2D eigenvalue weighted by Gasteiger charge is 2.02. The Balaban J connectivity index is 3.22. The largest absolute Gasteiger partial charge is 0.356 e. The van der Waals surface area contributed by atoms with Crippen molar-refractivity contribution in [2.24, 2.45) is 0 Å². The van der Waals surface area contributed by atoms with Crippen molar-refractivity contribution in [3.63, 3.8) is 0 Å². The Bertz CT molecular complexity index is 400. The molecule has 0 bridgehead atoms. The van der Waals surface area contributed by atoms with Gasteiger partial charge in [0.1, 0.15) is 0 Å². The summed E-state index contributed by atoms with van der Waals surface area (Å²) in [6.45, 7) is 6.17. The minimum Gasteiger partial charge on any atom is -0.356 e.